The Kier molecular flexibility index (Phi) is 7.30. The summed E-state index contributed by atoms with van der Waals surface area (Å²) in [4.78, 5) is 50.0. The molecular formula is C23H30F2O11S. The van der Waals surface area contributed by atoms with Gasteiger partial charge in [-0.15, -0.1) is 0 Å². The minimum Gasteiger partial charge on any atom is -0.459 e. The highest BCUT2D eigenvalue weighted by atomic mass is 32.2. The summed E-state index contributed by atoms with van der Waals surface area (Å²) in [7, 11) is -5.77. The Hall–Kier alpha value is -2.35. The molecule has 0 radical (unpaired) electrons. The number of hydrogen-bond acceptors (Lipinski definition) is 10. The van der Waals surface area contributed by atoms with E-state index >= 15 is 0 Å². The number of hydrogen-bond donors (Lipinski definition) is 1. The van der Waals surface area contributed by atoms with E-state index in [1.165, 1.54) is 0 Å². The van der Waals surface area contributed by atoms with E-state index in [1.54, 1.807) is 0 Å². The van der Waals surface area contributed by atoms with Crippen molar-refractivity contribution in [3.8, 4) is 0 Å². The third-order valence-corrected chi connectivity index (χ3v) is 9.08. The van der Waals surface area contributed by atoms with Gasteiger partial charge in [0.1, 0.15) is 17.8 Å². The molecule has 208 valence electrons. The summed E-state index contributed by atoms with van der Waals surface area (Å²) in [5.74, 6) is -5.46. The monoisotopic (exact) mass is 552 g/mol. The average molecular weight is 553 g/mol. The number of esters is 4. The molecule has 3 aliphatic carbocycles. The maximum absolute atomic E-state index is 13.4. The predicted octanol–water partition coefficient (Wildman–Crippen LogP) is 2.02. The van der Waals surface area contributed by atoms with Crippen LogP contribution < -0.4 is 0 Å². The van der Waals surface area contributed by atoms with Crippen LogP contribution in [0.3, 0.4) is 0 Å². The van der Waals surface area contributed by atoms with Gasteiger partial charge < -0.3 is 18.9 Å². The molecule has 6 unspecified atom stereocenters. The van der Waals surface area contributed by atoms with Crippen molar-refractivity contribution in [3.63, 3.8) is 0 Å². The Morgan fingerprint density at radius 1 is 1.14 bits per heavy atom. The summed E-state index contributed by atoms with van der Waals surface area (Å²) in [6.45, 7) is 2.06. The molecule has 6 atom stereocenters. The fraction of sp³-hybridized carbons (Fsp3) is 0.826. The summed E-state index contributed by atoms with van der Waals surface area (Å²) in [6, 6.07) is 0. The van der Waals surface area contributed by atoms with Crippen LogP contribution in [-0.4, -0.2) is 66.5 Å². The Labute approximate surface area is 212 Å². The first-order valence-electron chi connectivity index (χ1n) is 12.3. The molecule has 14 heteroatoms. The number of alkyl halides is 2. The van der Waals surface area contributed by atoms with E-state index in [2.05, 4.69) is 4.74 Å². The summed E-state index contributed by atoms with van der Waals surface area (Å²) in [5.41, 5.74) is -0.598. The lowest BCUT2D eigenvalue weighted by atomic mass is 9.78. The van der Waals surface area contributed by atoms with Crippen LogP contribution in [0.25, 0.3) is 0 Å². The lowest BCUT2D eigenvalue weighted by molar-refractivity contribution is -0.178. The van der Waals surface area contributed by atoms with Gasteiger partial charge in [-0.05, 0) is 38.0 Å². The third-order valence-electron chi connectivity index (χ3n) is 8.20. The van der Waals surface area contributed by atoms with Gasteiger partial charge in [0.15, 0.2) is 6.61 Å². The summed E-state index contributed by atoms with van der Waals surface area (Å²) in [5, 5.41) is -4.69. The fourth-order valence-electron chi connectivity index (χ4n) is 6.23. The highest BCUT2D eigenvalue weighted by molar-refractivity contribution is 7.86. The van der Waals surface area contributed by atoms with E-state index in [0.717, 1.165) is 25.7 Å². The first-order chi connectivity index (χ1) is 17.2. The van der Waals surface area contributed by atoms with Gasteiger partial charge in [0.2, 0.25) is 0 Å². The second-order valence-corrected chi connectivity index (χ2v) is 12.1. The van der Waals surface area contributed by atoms with Crippen molar-refractivity contribution < 1.29 is 59.9 Å². The van der Waals surface area contributed by atoms with Gasteiger partial charge >= 0.3 is 39.2 Å². The molecule has 1 aliphatic heterocycles. The standard InChI is InChI=1S/C23H30F2O11S/c1-11(2)22(7-3-4-8-22)36-21(29)17-13-9-12-16(17)20(28)35-19(12)18(13)34-15(27)6-5-14(26)33-10-23(24,25)37(30,31)32/h11-13,16-19H,3-10H2,1-2H3,(H,30,31,32). The molecule has 3 saturated carbocycles. The van der Waals surface area contributed by atoms with Crippen molar-refractivity contribution in [2.24, 2.45) is 29.6 Å². The van der Waals surface area contributed by atoms with Crippen LogP contribution in [0.1, 0.15) is 58.8 Å². The van der Waals surface area contributed by atoms with Crippen LogP contribution in [-0.2, 0) is 48.2 Å². The summed E-state index contributed by atoms with van der Waals surface area (Å²) in [6.07, 6.45) is 0.853. The molecule has 4 aliphatic rings. The highest BCUT2D eigenvalue weighted by Crippen LogP contribution is 2.59. The molecule has 0 aromatic carbocycles. The molecule has 4 rings (SSSR count). The van der Waals surface area contributed by atoms with Crippen molar-refractivity contribution in [1.82, 2.24) is 0 Å². The van der Waals surface area contributed by atoms with E-state index < -0.39 is 94.3 Å². The van der Waals surface area contributed by atoms with Gasteiger partial charge in [-0.1, -0.05) is 13.8 Å². The molecule has 1 saturated heterocycles. The molecule has 1 N–H and O–H groups in total. The van der Waals surface area contributed by atoms with Gasteiger partial charge in [0.05, 0.1) is 24.7 Å². The van der Waals surface area contributed by atoms with Crippen molar-refractivity contribution in [1.29, 1.82) is 0 Å². The van der Waals surface area contributed by atoms with Crippen LogP contribution in [0.5, 0.6) is 0 Å². The van der Waals surface area contributed by atoms with Crippen molar-refractivity contribution in [2.75, 3.05) is 6.61 Å². The highest BCUT2D eigenvalue weighted by Gasteiger charge is 2.70. The molecular weight excluding hydrogens is 522 g/mol. The lowest BCUT2D eigenvalue weighted by Crippen LogP contribution is -2.47. The minimum absolute atomic E-state index is 0.0895. The topological polar surface area (TPSA) is 160 Å². The first-order valence-corrected chi connectivity index (χ1v) is 13.7. The second-order valence-electron chi connectivity index (χ2n) is 10.6. The molecule has 2 bridgehead atoms. The zero-order valence-electron chi connectivity index (χ0n) is 20.4. The van der Waals surface area contributed by atoms with Gasteiger partial charge in [-0.2, -0.15) is 17.2 Å². The van der Waals surface area contributed by atoms with Crippen molar-refractivity contribution in [3.05, 3.63) is 0 Å². The van der Waals surface area contributed by atoms with Crippen LogP contribution in [0.4, 0.5) is 8.78 Å². The largest absolute Gasteiger partial charge is 0.459 e. The Balaban J connectivity index is 1.36. The SMILES string of the molecule is CC(C)C1(OC(=O)C2C3CC4C(OC(=O)C42)C3OC(=O)CCC(=O)OCC(F)(F)S(=O)(=O)O)CCCC1. The average Bonchev–Trinajstić information content (AvgIpc) is 3.54. The Morgan fingerprint density at radius 3 is 2.35 bits per heavy atom. The smallest absolute Gasteiger partial charge is 0.402 e. The molecule has 1 heterocycles. The summed E-state index contributed by atoms with van der Waals surface area (Å²) < 4.78 is 77.0. The number of fused-ring (bicyclic) bond motifs is 1. The molecule has 0 aromatic rings. The number of halogens is 2. The molecule has 0 amide bonds. The van der Waals surface area contributed by atoms with Crippen molar-refractivity contribution >= 4 is 34.0 Å². The van der Waals surface area contributed by atoms with E-state index in [1.807, 2.05) is 13.8 Å². The van der Waals surface area contributed by atoms with Gasteiger partial charge in [0.25, 0.3) is 0 Å². The zero-order valence-corrected chi connectivity index (χ0v) is 21.2. The molecule has 4 fully saturated rings. The number of carbonyl (C=O) groups is 4. The molecule has 37 heavy (non-hydrogen) atoms. The number of carbonyl (C=O) groups excluding carboxylic acids is 4. The van der Waals surface area contributed by atoms with E-state index in [4.69, 9.17) is 18.8 Å². The molecule has 11 nitrogen and oxygen atoms in total. The van der Waals surface area contributed by atoms with Gasteiger partial charge in [0, 0.05) is 11.8 Å². The summed E-state index contributed by atoms with van der Waals surface area (Å²) >= 11 is 0. The normalized spacial score (nSPS) is 31.9. The zero-order chi connectivity index (χ0) is 27.3. The molecule has 0 aromatic heterocycles. The van der Waals surface area contributed by atoms with Crippen LogP contribution in [0.15, 0.2) is 0 Å². The van der Waals surface area contributed by atoms with Gasteiger partial charge in [-0.3, -0.25) is 23.7 Å². The maximum atomic E-state index is 13.4. The van der Waals surface area contributed by atoms with Crippen LogP contribution >= 0.6 is 0 Å². The fourth-order valence-corrected chi connectivity index (χ4v) is 6.44. The van der Waals surface area contributed by atoms with E-state index in [0.29, 0.717) is 6.42 Å². The minimum atomic E-state index is -5.77. The predicted molar refractivity (Wildman–Crippen MR) is 117 cm³/mol. The van der Waals surface area contributed by atoms with Crippen LogP contribution in [0, 0.1) is 29.6 Å². The number of ether oxygens (including phenoxy) is 4. The first kappa shape index (κ1) is 27.7. The quantitative estimate of drug-likeness (QED) is 0.240. The maximum Gasteiger partial charge on any atom is 0.402 e. The lowest BCUT2D eigenvalue weighted by Gasteiger charge is -2.37. The Morgan fingerprint density at radius 2 is 1.76 bits per heavy atom. The van der Waals surface area contributed by atoms with Gasteiger partial charge in [-0.25, -0.2) is 0 Å². The second kappa shape index (κ2) is 9.75. The third kappa shape index (κ3) is 5.06. The molecule has 0 spiro atoms. The van der Waals surface area contributed by atoms with E-state index in [-0.39, 0.29) is 11.8 Å². The Bertz CT molecular complexity index is 1070. The number of rotatable bonds is 10. The van der Waals surface area contributed by atoms with E-state index in [9.17, 15) is 36.4 Å². The van der Waals surface area contributed by atoms with Crippen molar-refractivity contribution in [2.45, 2.75) is 81.9 Å². The van der Waals surface area contributed by atoms with Crippen LogP contribution in [0.2, 0.25) is 0 Å².